The van der Waals surface area contributed by atoms with E-state index in [0.29, 0.717) is 12.4 Å². The molecule has 0 bridgehead atoms. The van der Waals surface area contributed by atoms with Gasteiger partial charge in [-0.2, -0.15) is 4.98 Å². The number of anilines is 1. The van der Waals surface area contributed by atoms with Crippen LogP contribution in [0.5, 0.6) is 0 Å². The molecular weight excluding hydrogens is 190 g/mol. The fourth-order valence-electron chi connectivity index (χ4n) is 1.37. The first kappa shape index (κ1) is 9.71. The van der Waals surface area contributed by atoms with Gasteiger partial charge in [0.25, 0.3) is 6.01 Å². The van der Waals surface area contributed by atoms with E-state index < -0.39 is 0 Å². The second kappa shape index (κ2) is 4.13. The summed E-state index contributed by atoms with van der Waals surface area (Å²) in [7, 11) is 1.79. The van der Waals surface area contributed by atoms with Crippen LogP contribution >= 0.6 is 0 Å². The van der Waals surface area contributed by atoms with E-state index >= 15 is 0 Å². The van der Waals surface area contributed by atoms with Crippen molar-refractivity contribution in [3.8, 4) is 0 Å². The van der Waals surface area contributed by atoms with Crippen LogP contribution in [0.1, 0.15) is 17.1 Å². The number of hydrogen-bond donors (Lipinski definition) is 1. The summed E-state index contributed by atoms with van der Waals surface area (Å²) >= 11 is 0. The molecule has 0 saturated heterocycles. The van der Waals surface area contributed by atoms with Gasteiger partial charge in [0.1, 0.15) is 5.76 Å². The number of nitrogens with one attached hydrogen (secondary N) is 1. The van der Waals surface area contributed by atoms with Gasteiger partial charge >= 0.3 is 0 Å². The van der Waals surface area contributed by atoms with Gasteiger partial charge in [0.05, 0.1) is 5.69 Å². The van der Waals surface area contributed by atoms with Crippen LogP contribution < -0.4 is 5.32 Å². The van der Waals surface area contributed by atoms with Crippen molar-refractivity contribution in [2.24, 2.45) is 0 Å². The molecule has 15 heavy (non-hydrogen) atoms. The lowest BCUT2D eigenvalue weighted by molar-refractivity contribution is 0.541. The zero-order valence-electron chi connectivity index (χ0n) is 8.82. The summed E-state index contributed by atoms with van der Waals surface area (Å²) in [6.45, 7) is 1.91. The molecule has 2 aromatic rings. The molecule has 0 atom stereocenters. The maximum absolute atomic E-state index is 5.39. The fourth-order valence-corrected chi connectivity index (χ4v) is 1.37. The molecule has 4 heteroatoms. The van der Waals surface area contributed by atoms with E-state index in [9.17, 15) is 0 Å². The molecule has 0 spiro atoms. The summed E-state index contributed by atoms with van der Waals surface area (Å²) in [5.74, 6) is 0.838. The number of aryl methyl sites for hydroxylation is 1. The monoisotopic (exact) mass is 203 g/mol. The minimum Gasteiger partial charge on any atom is -0.429 e. The highest BCUT2D eigenvalue weighted by atomic mass is 16.4. The molecule has 0 radical (unpaired) electrons. The molecule has 0 saturated carbocycles. The van der Waals surface area contributed by atoms with Crippen LogP contribution in [0.25, 0.3) is 0 Å². The SMILES string of the molecule is CNc1nc(Cc2ccccn2)c(C)o1. The third-order valence-electron chi connectivity index (χ3n) is 2.18. The Morgan fingerprint density at radius 1 is 1.40 bits per heavy atom. The topological polar surface area (TPSA) is 51.0 Å². The molecule has 2 aromatic heterocycles. The molecule has 0 unspecified atom stereocenters. The summed E-state index contributed by atoms with van der Waals surface area (Å²) in [6, 6.07) is 6.40. The van der Waals surface area contributed by atoms with E-state index in [1.165, 1.54) is 0 Å². The highest BCUT2D eigenvalue weighted by molar-refractivity contribution is 5.26. The predicted molar refractivity (Wildman–Crippen MR) is 57.8 cm³/mol. The Bertz CT molecular complexity index is 436. The van der Waals surface area contributed by atoms with Crippen molar-refractivity contribution in [2.45, 2.75) is 13.3 Å². The number of rotatable bonds is 3. The largest absolute Gasteiger partial charge is 0.429 e. The lowest BCUT2D eigenvalue weighted by Crippen LogP contribution is -1.94. The minimum absolute atomic E-state index is 0.554. The number of hydrogen-bond acceptors (Lipinski definition) is 4. The molecule has 1 N–H and O–H groups in total. The third kappa shape index (κ3) is 2.15. The smallest absolute Gasteiger partial charge is 0.294 e. The number of nitrogens with zero attached hydrogens (tertiary/aromatic N) is 2. The third-order valence-corrected chi connectivity index (χ3v) is 2.18. The van der Waals surface area contributed by atoms with Crippen LogP contribution in [0.3, 0.4) is 0 Å². The average molecular weight is 203 g/mol. The first-order chi connectivity index (χ1) is 7.29. The van der Waals surface area contributed by atoms with Gasteiger partial charge in [-0.3, -0.25) is 4.98 Å². The lowest BCUT2D eigenvalue weighted by Gasteiger charge is -1.96. The Hall–Kier alpha value is -1.84. The predicted octanol–water partition coefficient (Wildman–Crippen LogP) is 2.01. The van der Waals surface area contributed by atoms with Crippen molar-refractivity contribution < 1.29 is 4.42 Å². The molecule has 0 aliphatic heterocycles. The minimum atomic E-state index is 0.554. The zero-order valence-corrected chi connectivity index (χ0v) is 8.82. The standard InChI is InChI=1S/C11H13N3O/c1-8-10(14-11(12-2)15-8)7-9-5-3-4-6-13-9/h3-6H,7H2,1-2H3,(H,12,14). The normalized spacial score (nSPS) is 10.3. The Kier molecular flexibility index (Phi) is 2.67. The number of aromatic nitrogens is 2. The lowest BCUT2D eigenvalue weighted by atomic mass is 10.2. The van der Waals surface area contributed by atoms with Crippen LogP contribution in [-0.2, 0) is 6.42 Å². The van der Waals surface area contributed by atoms with E-state index in [2.05, 4.69) is 15.3 Å². The molecule has 0 aliphatic carbocycles. The second-order valence-corrected chi connectivity index (χ2v) is 3.27. The molecule has 4 nitrogen and oxygen atoms in total. The molecule has 0 fully saturated rings. The molecule has 2 heterocycles. The average Bonchev–Trinajstić information content (AvgIpc) is 2.61. The summed E-state index contributed by atoms with van der Waals surface area (Å²) in [5.41, 5.74) is 1.93. The Morgan fingerprint density at radius 2 is 2.27 bits per heavy atom. The van der Waals surface area contributed by atoms with Gasteiger partial charge in [0.2, 0.25) is 0 Å². The molecular formula is C11H13N3O. The van der Waals surface area contributed by atoms with E-state index in [1.807, 2.05) is 25.1 Å². The van der Waals surface area contributed by atoms with Gasteiger partial charge < -0.3 is 9.73 Å². The maximum atomic E-state index is 5.39. The van der Waals surface area contributed by atoms with E-state index in [1.54, 1.807) is 13.2 Å². The van der Waals surface area contributed by atoms with Crippen LogP contribution in [0, 0.1) is 6.92 Å². The van der Waals surface area contributed by atoms with E-state index in [0.717, 1.165) is 17.1 Å². The van der Waals surface area contributed by atoms with E-state index in [4.69, 9.17) is 4.42 Å². The number of oxazole rings is 1. The highest BCUT2D eigenvalue weighted by Crippen LogP contribution is 2.16. The van der Waals surface area contributed by atoms with E-state index in [-0.39, 0.29) is 0 Å². The Morgan fingerprint density at radius 3 is 2.87 bits per heavy atom. The highest BCUT2D eigenvalue weighted by Gasteiger charge is 2.09. The van der Waals surface area contributed by atoms with Gasteiger partial charge in [-0.05, 0) is 19.1 Å². The summed E-state index contributed by atoms with van der Waals surface area (Å²) < 4.78 is 5.39. The Labute approximate surface area is 88.4 Å². The molecule has 0 amide bonds. The van der Waals surface area contributed by atoms with Gasteiger partial charge in [-0.25, -0.2) is 0 Å². The van der Waals surface area contributed by atoms with Crippen molar-refractivity contribution in [2.75, 3.05) is 12.4 Å². The van der Waals surface area contributed by atoms with Crippen molar-refractivity contribution >= 4 is 6.01 Å². The molecule has 0 aliphatic rings. The van der Waals surface area contributed by atoms with Crippen LogP contribution in [-0.4, -0.2) is 17.0 Å². The summed E-state index contributed by atoms with van der Waals surface area (Å²) in [6.07, 6.45) is 2.49. The van der Waals surface area contributed by atoms with Gasteiger partial charge in [-0.15, -0.1) is 0 Å². The molecule has 2 rings (SSSR count). The quantitative estimate of drug-likeness (QED) is 0.829. The van der Waals surface area contributed by atoms with Crippen LogP contribution in [0.15, 0.2) is 28.8 Å². The summed E-state index contributed by atoms with van der Waals surface area (Å²) in [5, 5.41) is 2.88. The fraction of sp³-hybridized carbons (Fsp3) is 0.273. The Balaban J connectivity index is 2.21. The van der Waals surface area contributed by atoms with Gasteiger partial charge in [0.15, 0.2) is 0 Å². The van der Waals surface area contributed by atoms with Gasteiger partial charge in [-0.1, -0.05) is 6.07 Å². The first-order valence-electron chi connectivity index (χ1n) is 4.83. The van der Waals surface area contributed by atoms with Crippen LogP contribution in [0.2, 0.25) is 0 Å². The van der Waals surface area contributed by atoms with Crippen molar-refractivity contribution in [1.82, 2.24) is 9.97 Å². The maximum Gasteiger partial charge on any atom is 0.294 e. The van der Waals surface area contributed by atoms with Crippen molar-refractivity contribution in [3.05, 3.63) is 41.5 Å². The first-order valence-corrected chi connectivity index (χ1v) is 4.83. The second-order valence-electron chi connectivity index (χ2n) is 3.27. The molecule has 0 aromatic carbocycles. The van der Waals surface area contributed by atoms with Crippen molar-refractivity contribution in [1.29, 1.82) is 0 Å². The number of pyridine rings is 1. The summed E-state index contributed by atoms with van der Waals surface area (Å²) in [4.78, 5) is 8.55. The molecule has 78 valence electrons. The van der Waals surface area contributed by atoms with Crippen LogP contribution in [0.4, 0.5) is 6.01 Å². The van der Waals surface area contributed by atoms with Crippen molar-refractivity contribution in [3.63, 3.8) is 0 Å². The van der Waals surface area contributed by atoms with Gasteiger partial charge in [0, 0.05) is 25.4 Å². The zero-order chi connectivity index (χ0) is 10.7.